The van der Waals surface area contributed by atoms with Gasteiger partial charge in [-0.15, -0.1) is 6.42 Å². The van der Waals surface area contributed by atoms with Crippen LogP contribution in [-0.4, -0.2) is 23.1 Å². The van der Waals surface area contributed by atoms with Crippen LogP contribution in [-0.2, 0) is 4.79 Å². The van der Waals surface area contributed by atoms with Crippen molar-refractivity contribution in [1.29, 1.82) is 0 Å². The van der Waals surface area contributed by atoms with Crippen LogP contribution in [0.2, 0.25) is 0 Å². The van der Waals surface area contributed by atoms with E-state index in [4.69, 9.17) is 22.8 Å². The maximum atomic E-state index is 12.5. The van der Waals surface area contributed by atoms with E-state index in [-0.39, 0.29) is 11.7 Å². The van der Waals surface area contributed by atoms with Gasteiger partial charge in [0, 0.05) is 0 Å². The summed E-state index contributed by atoms with van der Waals surface area (Å²) in [5.74, 6) is 2.02. The Kier molecular flexibility index (Phi) is 4.20. The van der Waals surface area contributed by atoms with Crippen LogP contribution >= 0.6 is 22.9 Å². The molecule has 2 rings (SSSR count). The van der Waals surface area contributed by atoms with Gasteiger partial charge in [-0.05, 0) is 18.2 Å². The van der Waals surface area contributed by atoms with Crippen molar-refractivity contribution in [1.82, 2.24) is 4.98 Å². The molecule has 0 aliphatic carbocycles. The highest BCUT2D eigenvalue weighted by molar-refractivity contribution is 7.22. The number of halogens is 2. The van der Waals surface area contributed by atoms with Gasteiger partial charge in [0.2, 0.25) is 0 Å². The SMILES string of the molecule is C#CCOc1ccc2nc(NC(=O)C(F)Cl)sc2c1. The highest BCUT2D eigenvalue weighted by atomic mass is 35.5. The number of carbonyl (C=O) groups is 1. The van der Waals surface area contributed by atoms with Crippen molar-refractivity contribution >= 4 is 44.2 Å². The first-order valence-electron chi connectivity index (χ1n) is 5.16. The van der Waals surface area contributed by atoms with Crippen molar-refractivity contribution in [3.8, 4) is 18.1 Å². The molecule has 1 heterocycles. The maximum Gasteiger partial charge on any atom is 0.276 e. The van der Waals surface area contributed by atoms with E-state index in [1.807, 2.05) is 0 Å². The quantitative estimate of drug-likeness (QED) is 0.697. The molecule has 0 spiro atoms. The fourth-order valence-electron chi connectivity index (χ4n) is 1.33. The number of thiazole rings is 1. The molecule has 7 heteroatoms. The van der Waals surface area contributed by atoms with Crippen LogP contribution in [0.3, 0.4) is 0 Å². The largest absolute Gasteiger partial charge is 0.481 e. The van der Waals surface area contributed by atoms with Crippen LogP contribution in [0.1, 0.15) is 0 Å². The Labute approximate surface area is 117 Å². The zero-order chi connectivity index (χ0) is 13.8. The van der Waals surface area contributed by atoms with Crippen molar-refractivity contribution in [3.63, 3.8) is 0 Å². The summed E-state index contributed by atoms with van der Waals surface area (Å²) in [7, 11) is 0. The van der Waals surface area contributed by atoms with Gasteiger partial charge in [-0.25, -0.2) is 9.37 Å². The highest BCUT2D eigenvalue weighted by Crippen LogP contribution is 2.29. The topological polar surface area (TPSA) is 51.2 Å². The average Bonchev–Trinajstić information content (AvgIpc) is 2.77. The normalized spacial score (nSPS) is 11.8. The lowest BCUT2D eigenvalue weighted by Gasteiger charge is -2.00. The highest BCUT2D eigenvalue weighted by Gasteiger charge is 2.15. The van der Waals surface area contributed by atoms with Crippen molar-refractivity contribution in [2.75, 3.05) is 11.9 Å². The number of anilines is 1. The van der Waals surface area contributed by atoms with E-state index in [0.29, 0.717) is 11.3 Å². The summed E-state index contributed by atoms with van der Waals surface area (Å²) in [6.07, 6.45) is 5.10. The molecule has 1 aromatic heterocycles. The third-order valence-corrected chi connectivity index (χ3v) is 3.24. The van der Waals surface area contributed by atoms with Crippen LogP contribution < -0.4 is 10.1 Å². The number of ether oxygens (including phenoxy) is 1. The molecule has 1 amide bonds. The Morgan fingerprint density at radius 1 is 1.68 bits per heavy atom. The van der Waals surface area contributed by atoms with Crippen LogP contribution in [0, 0.1) is 12.3 Å². The Hall–Kier alpha value is -1.84. The van der Waals surface area contributed by atoms with Gasteiger partial charge < -0.3 is 4.74 Å². The molecular formula is C12H8ClFN2O2S. The number of terminal acetylenes is 1. The summed E-state index contributed by atoms with van der Waals surface area (Å²) in [6.45, 7) is 0.170. The van der Waals surface area contributed by atoms with E-state index >= 15 is 0 Å². The number of hydrogen-bond donors (Lipinski definition) is 1. The number of alkyl halides is 2. The standard InChI is InChI=1S/C12H8ClFN2O2S/c1-2-5-18-7-3-4-8-9(6-7)19-12(15-8)16-11(17)10(13)14/h1,3-4,6,10H,5H2,(H,15,16,17). The van der Waals surface area contributed by atoms with Gasteiger partial charge in [0.15, 0.2) is 5.13 Å². The second-order valence-electron chi connectivity index (χ2n) is 3.43. The summed E-state index contributed by atoms with van der Waals surface area (Å²) < 4.78 is 18.6. The first kappa shape index (κ1) is 13.6. The smallest absolute Gasteiger partial charge is 0.276 e. The maximum absolute atomic E-state index is 12.5. The van der Waals surface area contributed by atoms with Crippen LogP contribution in [0.25, 0.3) is 10.2 Å². The lowest BCUT2D eigenvalue weighted by atomic mass is 10.3. The molecule has 19 heavy (non-hydrogen) atoms. The predicted molar refractivity (Wildman–Crippen MR) is 73.3 cm³/mol. The predicted octanol–water partition coefficient (Wildman–Crippen LogP) is 2.78. The van der Waals surface area contributed by atoms with E-state index in [9.17, 15) is 9.18 Å². The van der Waals surface area contributed by atoms with Gasteiger partial charge in [-0.1, -0.05) is 28.9 Å². The summed E-state index contributed by atoms with van der Waals surface area (Å²) in [4.78, 5) is 15.2. The molecule has 0 saturated heterocycles. The Bertz CT molecular complexity index is 651. The van der Waals surface area contributed by atoms with Gasteiger partial charge in [0.05, 0.1) is 10.2 Å². The third kappa shape index (κ3) is 3.34. The van der Waals surface area contributed by atoms with E-state index in [1.165, 1.54) is 11.3 Å². The van der Waals surface area contributed by atoms with Crippen molar-refractivity contribution in [3.05, 3.63) is 18.2 Å². The monoisotopic (exact) mass is 298 g/mol. The van der Waals surface area contributed by atoms with E-state index in [2.05, 4.69) is 16.2 Å². The van der Waals surface area contributed by atoms with Gasteiger partial charge in [0.25, 0.3) is 11.5 Å². The zero-order valence-electron chi connectivity index (χ0n) is 9.52. The molecule has 0 radical (unpaired) electrons. The lowest BCUT2D eigenvalue weighted by molar-refractivity contribution is -0.118. The summed E-state index contributed by atoms with van der Waals surface area (Å²) in [5, 5.41) is 2.56. The molecule has 98 valence electrons. The van der Waals surface area contributed by atoms with Crippen molar-refractivity contribution < 1.29 is 13.9 Å². The van der Waals surface area contributed by atoms with Gasteiger partial charge in [0.1, 0.15) is 12.4 Å². The molecule has 0 aliphatic heterocycles. The van der Waals surface area contributed by atoms with Crippen molar-refractivity contribution in [2.45, 2.75) is 5.63 Å². The molecular weight excluding hydrogens is 291 g/mol. The minimum Gasteiger partial charge on any atom is -0.481 e. The minimum atomic E-state index is -2.10. The number of carbonyl (C=O) groups excluding carboxylic acids is 1. The van der Waals surface area contributed by atoms with Crippen LogP contribution in [0.4, 0.5) is 9.52 Å². The number of nitrogens with zero attached hydrogens (tertiary/aromatic N) is 1. The second kappa shape index (κ2) is 5.87. The van der Waals surface area contributed by atoms with Gasteiger partial charge >= 0.3 is 0 Å². The number of rotatable bonds is 4. The van der Waals surface area contributed by atoms with Crippen molar-refractivity contribution in [2.24, 2.45) is 0 Å². The molecule has 1 aromatic carbocycles. The van der Waals surface area contributed by atoms with E-state index < -0.39 is 11.5 Å². The number of aromatic nitrogens is 1. The lowest BCUT2D eigenvalue weighted by Crippen LogP contribution is -2.18. The molecule has 0 bridgehead atoms. The first-order chi connectivity index (χ1) is 9.10. The zero-order valence-corrected chi connectivity index (χ0v) is 11.1. The number of hydrogen-bond acceptors (Lipinski definition) is 4. The second-order valence-corrected chi connectivity index (χ2v) is 4.85. The number of nitrogens with one attached hydrogen (secondary N) is 1. The minimum absolute atomic E-state index is 0.170. The average molecular weight is 299 g/mol. The Balaban J connectivity index is 2.21. The fourth-order valence-corrected chi connectivity index (χ4v) is 2.28. The molecule has 2 aromatic rings. The fraction of sp³-hybridized carbons (Fsp3) is 0.167. The van der Waals surface area contributed by atoms with Gasteiger partial charge in [-0.3, -0.25) is 10.1 Å². The number of benzene rings is 1. The van der Waals surface area contributed by atoms with E-state index in [1.54, 1.807) is 18.2 Å². The summed E-state index contributed by atoms with van der Waals surface area (Å²) in [6, 6.07) is 5.18. The molecule has 0 fully saturated rings. The molecule has 1 unspecified atom stereocenters. The first-order valence-corrected chi connectivity index (χ1v) is 6.41. The third-order valence-electron chi connectivity index (χ3n) is 2.11. The van der Waals surface area contributed by atoms with E-state index in [0.717, 1.165) is 4.70 Å². The van der Waals surface area contributed by atoms with Crippen LogP contribution in [0.5, 0.6) is 5.75 Å². The number of amides is 1. The van der Waals surface area contributed by atoms with Gasteiger partial charge in [-0.2, -0.15) is 0 Å². The molecule has 1 atom stereocenters. The molecule has 0 aliphatic rings. The summed E-state index contributed by atoms with van der Waals surface area (Å²) in [5.41, 5.74) is -1.43. The molecule has 0 saturated carbocycles. The Morgan fingerprint density at radius 3 is 3.16 bits per heavy atom. The molecule has 1 N–H and O–H groups in total. The Morgan fingerprint density at radius 2 is 2.47 bits per heavy atom. The summed E-state index contributed by atoms with van der Waals surface area (Å²) >= 11 is 6.21. The number of fused-ring (bicyclic) bond motifs is 1. The van der Waals surface area contributed by atoms with Crippen LogP contribution in [0.15, 0.2) is 18.2 Å². The molecule has 4 nitrogen and oxygen atoms in total.